The molecule has 3 atom stereocenters. The van der Waals surface area contributed by atoms with Gasteiger partial charge in [-0.3, -0.25) is 4.79 Å². The zero-order valence-corrected chi connectivity index (χ0v) is 14.5. The molecule has 0 bridgehead atoms. The Kier molecular flexibility index (Phi) is 5.21. The molecule has 2 aromatic rings. The third kappa shape index (κ3) is 3.79. The van der Waals surface area contributed by atoms with Gasteiger partial charge in [0.2, 0.25) is 5.91 Å². The minimum Gasteiger partial charge on any atom is -0.342 e. The number of aromatic nitrogens is 2. The molecule has 1 saturated carbocycles. The zero-order valence-electron chi connectivity index (χ0n) is 13.8. The first-order chi connectivity index (χ1) is 11.5. The van der Waals surface area contributed by atoms with E-state index in [4.69, 9.17) is 17.3 Å². The fourth-order valence-corrected chi connectivity index (χ4v) is 3.51. The summed E-state index contributed by atoms with van der Waals surface area (Å²) >= 11 is 5.99. The van der Waals surface area contributed by atoms with Crippen molar-refractivity contribution in [3.8, 4) is 0 Å². The number of carbonyl (C=O) groups is 1. The largest absolute Gasteiger partial charge is 0.342 e. The van der Waals surface area contributed by atoms with Crippen LogP contribution in [0.15, 0.2) is 36.7 Å². The molecular weight excluding hydrogens is 324 g/mol. The number of amides is 1. The maximum absolute atomic E-state index is 12.6. The quantitative estimate of drug-likeness (QED) is 0.874. The number of hydrogen-bond acceptors (Lipinski definition) is 3. The van der Waals surface area contributed by atoms with Crippen molar-refractivity contribution >= 4 is 17.5 Å². The molecule has 1 aromatic heterocycles. The van der Waals surface area contributed by atoms with Gasteiger partial charge in [0.05, 0.1) is 0 Å². The van der Waals surface area contributed by atoms with Gasteiger partial charge in [0, 0.05) is 36.9 Å². The van der Waals surface area contributed by atoms with Crippen LogP contribution < -0.4 is 11.1 Å². The minimum atomic E-state index is -0.299. The summed E-state index contributed by atoms with van der Waals surface area (Å²) in [5.41, 5.74) is 7.05. The molecule has 1 heterocycles. The number of nitrogens with zero attached hydrogens (tertiary/aromatic N) is 2. The van der Waals surface area contributed by atoms with Gasteiger partial charge in [-0.05, 0) is 36.5 Å². The summed E-state index contributed by atoms with van der Waals surface area (Å²) in [6.45, 7) is 0. The lowest BCUT2D eigenvalue weighted by molar-refractivity contribution is -0.122. The van der Waals surface area contributed by atoms with Gasteiger partial charge >= 0.3 is 0 Å². The highest BCUT2D eigenvalue weighted by molar-refractivity contribution is 6.30. The van der Waals surface area contributed by atoms with Crippen LogP contribution in [-0.2, 0) is 11.8 Å². The van der Waals surface area contributed by atoms with Crippen LogP contribution in [0.1, 0.15) is 43.1 Å². The zero-order chi connectivity index (χ0) is 17.1. The van der Waals surface area contributed by atoms with Crippen LogP contribution in [0.2, 0.25) is 5.02 Å². The van der Waals surface area contributed by atoms with Crippen molar-refractivity contribution in [2.24, 2.45) is 18.7 Å². The van der Waals surface area contributed by atoms with Crippen molar-refractivity contribution in [2.75, 3.05) is 0 Å². The average Bonchev–Trinajstić information content (AvgIpc) is 3.15. The van der Waals surface area contributed by atoms with Crippen LogP contribution in [0, 0.1) is 5.92 Å². The van der Waals surface area contributed by atoms with E-state index in [0.29, 0.717) is 11.4 Å². The fraction of sp³-hybridized carbons (Fsp3) is 0.444. The topological polar surface area (TPSA) is 72.9 Å². The van der Waals surface area contributed by atoms with E-state index in [-0.39, 0.29) is 23.9 Å². The second-order valence-corrected chi connectivity index (χ2v) is 6.94. The lowest BCUT2D eigenvalue weighted by Crippen LogP contribution is -2.35. The van der Waals surface area contributed by atoms with Crippen molar-refractivity contribution in [1.29, 1.82) is 0 Å². The normalized spacial score (nSPS) is 21.6. The van der Waals surface area contributed by atoms with E-state index < -0.39 is 0 Å². The summed E-state index contributed by atoms with van der Waals surface area (Å²) in [4.78, 5) is 17.0. The lowest BCUT2D eigenvalue weighted by Gasteiger charge is -2.21. The first-order valence-corrected chi connectivity index (χ1v) is 8.70. The summed E-state index contributed by atoms with van der Waals surface area (Å²) < 4.78 is 1.92. The first-order valence-electron chi connectivity index (χ1n) is 8.32. The minimum absolute atomic E-state index is 0.0142. The third-order valence-corrected chi connectivity index (χ3v) is 5.04. The van der Waals surface area contributed by atoms with Crippen molar-refractivity contribution < 1.29 is 4.79 Å². The van der Waals surface area contributed by atoms with E-state index >= 15 is 0 Å². The Morgan fingerprint density at radius 3 is 2.75 bits per heavy atom. The predicted molar refractivity (Wildman–Crippen MR) is 94.6 cm³/mol. The van der Waals surface area contributed by atoms with E-state index in [2.05, 4.69) is 10.3 Å². The van der Waals surface area contributed by atoms with Gasteiger partial charge in [-0.25, -0.2) is 4.98 Å². The lowest BCUT2D eigenvalue weighted by atomic mass is 9.99. The number of benzene rings is 1. The van der Waals surface area contributed by atoms with Crippen LogP contribution in [0.5, 0.6) is 0 Å². The molecular formula is C18H23ClN4O. The number of rotatable bonds is 5. The molecule has 3 rings (SSSR count). The highest BCUT2D eigenvalue weighted by atomic mass is 35.5. The number of halogens is 1. The Bertz CT molecular complexity index is 697. The summed E-state index contributed by atoms with van der Waals surface area (Å²) in [6, 6.07) is 7.33. The molecule has 1 aliphatic rings. The molecule has 0 radical (unpaired) electrons. The van der Waals surface area contributed by atoms with Crippen LogP contribution in [0.4, 0.5) is 0 Å². The predicted octanol–water partition coefficient (Wildman–Crippen LogP) is 2.80. The van der Waals surface area contributed by atoms with E-state index in [1.807, 2.05) is 42.1 Å². The van der Waals surface area contributed by atoms with Crippen LogP contribution in [0.25, 0.3) is 0 Å². The number of nitrogens with two attached hydrogens (primary N) is 1. The van der Waals surface area contributed by atoms with Crippen LogP contribution in [0.3, 0.4) is 0 Å². The summed E-state index contributed by atoms with van der Waals surface area (Å²) in [6.07, 6.45) is 7.23. The Morgan fingerprint density at radius 2 is 2.17 bits per heavy atom. The molecule has 24 heavy (non-hydrogen) atoms. The Morgan fingerprint density at radius 1 is 1.42 bits per heavy atom. The van der Waals surface area contributed by atoms with Gasteiger partial charge in [-0.15, -0.1) is 0 Å². The van der Waals surface area contributed by atoms with Gasteiger partial charge in [0.15, 0.2) is 0 Å². The molecule has 5 nitrogen and oxygen atoms in total. The summed E-state index contributed by atoms with van der Waals surface area (Å²) in [5, 5.41) is 3.79. The van der Waals surface area contributed by atoms with E-state index in [9.17, 15) is 4.79 Å². The third-order valence-electron chi connectivity index (χ3n) is 4.79. The monoisotopic (exact) mass is 346 g/mol. The molecule has 128 valence electrons. The molecule has 6 heteroatoms. The first kappa shape index (κ1) is 17.0. The Hall–Kier alpha value is -1.85. The smallest absolute Gasteiger partial charge is 0.221 e. The molecule has 0 aliphatic heterocycles. The standard InChI is InChI=1S/C18H23ClN4O/c1-23-10-9-21-18(23)17(12-5-7-14(19)8-6-12)22-16(24)11-13-3-2-4-15(13)20/h5-10,13,15,17H,2-4,11,20H2,1H3,(H,22,24)/t13-,15+,17?/m0/s1. The highest BCUT2D eigenvalue weighted by Crippen LogP contribution is 2.28. The molecule has 1 amide bonds. The van der Waals surface area contributed by atoms with Crippen LogP contribution >= 0.6 is 11.6 Å². The van der Waals surface area contributed by atoms with Crippen molar-refractivity contribution in [1.82, 2.24) is 14.9 Å². The average molecular weight is 347 g/mol. The molecule has 1 aromatic carbocycles. The van der Waals surface area contributed by atoms with E-state index in [1.54, 1.807) is 6.20 Å². The molecule has 3 N–H and O–H groups in total. The summed E-state index contributed by atoms with van der Waals surface area (Å²) in [5.74, 6) is 1.08. The Labute approximate surface area is 147 Å². The maximum atomic E-state index is 12.6. The number of carbonyl (C=O) groups excluding carboxylic acids is 1. The van der Waals surface area contributed by atoms with Crippen molar-refractivity contribution in [3.05, 3.63) is 53.1 Å². The molecule has 0 saturated heterocycles. The second-order valence-electron chi connectivity index (χ2n) is 6.51. The van der Waals surface area contributed by atoms with Gasteiger partial charge < -0.3 is 15.6 Å². The molecule has 1 unspecified atom stereocenters. The van der Waals surface area contributed by atoms with Crippen molar-refractivity contribution in [3.63, 3.8) is 0 Å². The summed E-state index contributed by atoms with van der Waals surface area (Å²) in [7, 11) is 1.92. The Balaban J connectivity index is 1.78. The maximum Gasteiger partial charge on any atom is 0.221 e. The fourth-order valence-electron chi connectivity index (χ4n) is 3.38. The van der Waals surface area contributed by atoms with E-state index in [0.717, 1.165) is 30.7 Å². The highest BCUT2D eigenvalue weighted by Gasteiger charge is 2.28. The van der Waals surface area contributed by atoms with E-state index in [1.165, 1.54) is 0 Å². The molecule has 1 fully saturated rings. The van der Waals surface area contributed by atoms with Gasteiger partial charge in [-0.1, -0.05) is 30.2 Å². The number of nitrogens with one attached hydrogen (secondary N) is 1. The number of aryl methyl sites for hydroxylation is 1. The SMILES string of the molecule is Cn1ccnc1C(NC(=O)C[C@@H]1CCC[C@H]1N)c1ccc(Cl)cc1. The number of imidazole rings is 1. The van der Waals surface area contributed by atoms with Gasteiger partial charge in [-0.2, -0.15) is 0 Å². The van der Waals surface area contributed by atoms with Crippen LogP contribution in [-0.4, -0.2) is 21.5 Å². The molecule has 0 spiro atoms. The second kappa shape index (κ2) is 7.36. The van der Waals surface area contributed by atoms with Gasteiger partial charge in [0.25, 0.3) is 0 Å². The molecule has 1 aliphatic carbocycles. The van der Waals surface area contributed by atoms with Gasteiger partial charge in [0.1, 0.15) is 11.9 Å². The number of hydrogen-bond donors (Lipinski definition) is 2. The van der Waals surface area contributed by atoms with Crippen molar-refractivity contribution in [2.45, 2.75) is 37.8 Å².